The molecule has 3 rings (SSSR count). The summed E-state index contributed by atoms with van der Waals surface area (Å²) in [6.45, 7) is 3.56. The third-order valence-electron chi connectivity index (χ3n) is 4.44. The molecule has 1 amide bonds. The molecule has 0 spiro atoms. The molecule has 0 unspecified atom stereocenters. The van der Waals surface area contributed by atoms with Crippen LogP contribution in [0.3, 0.4) is 0 Å². The Bertz CT molecular complexity index is 494. The minimum absolute atomic E-state index is 0.00902. The average molecular weight is 304 g/mol. The number of ether oxygens (including phenoxy) is 2. The van der Waals surface area contributed by atoms with E-state index < -0.39 is 0 Å². The molecule has 1 aromatic carbocycles. The molecule has 2 aliphatic heterocycles. The van der Waals surface area contributed by atoms with E-state index in [2.05, 4.69) is 22.3 Å². The molecule has 2 fully saturated rings. The number of rotatable bonds is 4. The van der Waals surface area contributed by atoms with Gasteiger partial charge in [0.1, 0.15) is 6.10 Å². The van der Waals surface area contributed by atoms with Crippen molar-refractivity contribution in [2.45, 2.75) is 18.6 Å². The summed E-state index contributed by atoms with van der Waals surface area (Å²) in [5.74, 6) is 0.318. The lowest BCUT2D eigenvalue weighted by molar-refractivity contribution is -0.138. The summed E-state index contributed by atoms with van der Waals surface area (Å²) >= 11 is 0. The standard InChI is InChI=1S/C17H24N2O3/c1-19-8-10-21-15(12-19)17(20)18-11-14-7-9-22-16(14)13-5-3-2-4-6-13/h2-6,14-16H,7-12H2,1H3,(H,18,20)/t14-,15-,16-/m0/s1. The molecule has 0 saturated carbocycles. The molecular weight excluding hydrogens is 280 g/mol. The summed E-state index contributed by atoms with van der Waals surface area (Å²) in [6, 6.07) is 10.2. The zero-order valence-electron chi connectivity index (χ0n) is 13.0. The van der Waals surface area contributed by atoms with Crippen LogP contribution >= 0.6 is 0 Å². The molecule has 120 valence electrons. The minimum atomic E-state index is -0.351. The van der Waals surface area contributed by atoms with Crippen molar-refractivity contribution in [3.8, 4) is 0 Å². The van der Waals surface area contributed by atoms with E-state index in [1.54, 1.807) is 0 Å². The number of hydrogen-bond acceptors (Lipinski definition) is 4. The first-order chi connectivity index (χ1) is 10.7. The first-order valence-corrected chi connectivity index (χ1v) is 7.98. The highest BCUT2D eigenvalue weighted by atomic mass is 16.5. The molecule has 0 aromatic heterocycles. The van der Waals surface area contributed by atoms with Gasteiger partial charge in [-0.15, -0.1) is 0 Å². The molecule has 5 nitrogen and oxygen atoms in total. The van der Waals surface area contributed by atoms with E-state index >= 15 is 0 Å². The van der Waals surface area contributed by atoms with E-state index in [-0.39, 0.29) is 18.1 Å². The van der Waals surface area contributed by atoms with Crippen LogP contribution < -0.4 is 5.32 Å². The van der Waals surface area contributed by atoms with Crippen LogP contribution in [-0.2, 0) is 14.3 Å². The monoisotopic (exact) mass is 304 g/mol. The zero-order valence-corrected chi connectivity index (χ0v) is 13.0. The second kappa shape index (κ2) is 7.22. The van der Waals surface area contributed by atoms with Crippen LogP contribution in [0.2, 0.25) is 0 Å². The normalized spacial score (nSPS) is 29.4. The third kappa shape index (κ3) is 3.66. The second-order valence-corrected chi connectivity index (χ2v) is 6.12. The topological polar surface area (TPSA) is 50.8 Å². The Kier molecular flexibility index (Phi) is 5.08. The fraction of sp³-hybridized carbons (Fsp3) is 0.588. The van der Waals surface area contributed by atoms with E-state index in [1.165, 1.54) is 5.56 Å². The number of nitrogens with zero attached hydrogens (tertiary/aromatic N) is 1. The number of nitrogens with one attached hydrogen (secondary N) is 1. The maximum absolute atomic E-state index is 12.2. The lowest BCUT2D eigenvalue weighted by Gasteiger charge is -2.29. The number of carbonyl (C=O) groups excluding carboxylic acids is 1. The van der Waals surface area contributed by atoms with E-state index in [0.717, 1.165) is 19.6 Å². The Morgan fingerprint density at radius 1 is 1.27 bits per heavy atom. The van der Waals surface area contributed by atoms with Gasteiger partial charge in [-0.25, -0.2) is 0 Å². The molecule has 22 heavy (non-hydrogen) atoms. The van der Waals surface area contributed by atoms with Gasteiger partial charge in [0, 0.05) is 32.2 Å². The number of amides is 1. The minimum Gasteiger partial charge on any atom is -0.373 e. The molecule has 1 aromatic rings. The molecule has 2 aliphatic rings. The predicted molar refractivity (Wildman–Crippen MR) is 83.5 cm³/mol. The van der Waals surface area contributed by atoms with Crippen molar-refractivity contribution in [3.63, 3.8) is 0 Å². The summed E-state index contributed by atoms with van der Waals surface area (Å²) in [5.41, 5.74) is 1.19. The van der Waals surface area contributed by atoms with Gasteiger partial charge in [-0.3, -0.25) is 4.79 Å². The lowest BCUT2D eigenvalue weighted by Crippen LogP contribution is -2.49. The number of benzene rings is 1. The van der Waals surface area contributed by atoms with Crippen LogP contribution in [-0.4, -0.2) is 56.8 Å². The zero-order chi connectivity index (χ0) is 15.4. The maximum atomic E-state index is 12.2. The predicted octanol–water partition coefficient (Wildman–Crippen LogP) is 1.21. The molecule has 1 N–H and O–H groups in total. The molecule has 3 atom stereocenters. The summed E-state index contributed by atoms with van der Waals surface area (Å²) in [6.07, 6.45) is 0.707. The quantitative estimate of drug-likeness (QED) is 0.908. The highest BCUT2D eigenvalue weighted by Gasteiger charge is 2.31. The van der Waals surface area contributed by atoms with Crippen LogP contribution in [0.1, 0.15) is 18.1 Å². The van der Waals surface area contributed by atoms with E-state index in [9.17, 15) is 4.79 Å². The van der Waals surface area contributed by atoms with Crippen LogP contribution in [0.15, 0.2) is 30.3 Å². The van der Waals surface area contributed by atoms with E-state index in [1.807, 2.05) is 25.2 Å². The van der Waals surface area contributed by atoms with Gasteiger partial charge >= 0.3 is 0 Å². The van der Waals surface area contributed by atoms with Crippen molar-refractivity contribution in [1.29, 1.82) is 0 Å². The van der Waals surface area contributed by atoms with Crippen molar-refractivity contribution in [2.24, 2.45) is 5.92 Å². The number of morpholine rings is 1. The summed E-state index contributed by atoms with van der Waals surface area (Å²) in [4.78, 5) is 14.4. The summed E-state index contributed by atoms with van der Waals surface area (Å²) in [5, 5.41) is 3.04. The highest BCUT2D eigenvalue weighted by Crippen LogP contribution is 2.33. The van der Waals surface area contributed by atoms with Crippen molar-refractivity contribution in [3.05, 3.63) is 35.9 Å². The second-order valence-electron chi connectivity index (χ2n) is 6.12. The lowest BCUT2D eigenvalue weighted by atomic mass is 9.95. The summed E-state index contributed by atoms with van der Waals surface area (Å²) < 4.78 is 11.4. The number of likely N-dealkylation sites (N-methyl/N-ethyl adjacent to an activating group) is 1. The summed E-state index contributed by atoms with van der Waals surface area (Å²) in [7, 11) is 2.01. The van der Waals surface area contributed by atoms with Crippen molar-refractivity contribution < 1.29 is 14.3 Å². The molecule has 0 aliphatic carbocycles. The number of hydrogen-bond donors (Lipinski definition) is 1. The van der Waals surface area contributed by atoms with Gasteiger partial charge in [-0.1, -0.05) is 30.3 Å². The first-order valence-electron chi connectivity index (χ1n) is 7.98. The van der Waals surface area contributed by atoms with Crippen molar-refractivity contribution >= 4 is 5.91 Å². The van der Waals surface area contributed by atoms with Crippen molar-refractivity contribution in [2.75, 3.05) is 39.9 Å². The van der Waals surface area contributed by atoms with Gasteiger partial charge in [-0.05, 0) is 19.0 Å². The van der Waals surface area contributed by atoms with Gasteiger partial charge in [0.05, 0.1) is 12.7 Å². The molecule has 0 bridgehead atoms. The largest absolute Gasteiger partial charge is 0.373 e. The smallest absolute Gasteiger partial charge is 0.250 e. The van der Waals surface area contributed by atoms with Gasteiger partial charge in [-0.2, -0.15) is 0 Å². The van der Waals surface area contributed by atoms with Crippen LogP contribution in [0, 0.1) is 5.92 Å². The Morgan fingerprint density at radius 3 is 2.86 bits per heavy atom. The molecule has 2 saturated heterocycles. The molecule has 2 heterocycles. The van der Waals surface area contributed by atoms with Crippen LogP contribution in [0.5, 0.6) is 0 Å². The SMILES string of the molecule is CN1CCO[C@H](C(=O)NC[C@@H]2CCO[C@H]2c2ccccc2)C1. The maximum Gasteiger partial charge on any atom is 0.250 e. The Hall–Kier alpha value is -1.43. The Morgan fingerprint density at radius 2 is 2.09 bits per heavy atom. The molecule has 5 heteroatoms. The van der Waals surface area contributed by atoms with Crippen LogP contribution in [0.25, 0.3) is 0 Å². The third-order valence-corrected chi connectivity index (χ3v) is 4.44. The Labute approximate surface area is 131 Å². The first kappa shape index (κ1) is 15.5. The van der Waals surface area contributed by atoms with Gasteiger partial charge in [0.15, 0.2) is 0 Å². The van der Waals surface area contributed by atoms with E-state index in [0.29, 0.717) is 25.6 Å². The fourth-order valence-electron chi connectivity index (χ4n) is 3.14. The van der Waals surface area contributed by atoms with Gasteiger partial charge < -0.3 is 19.7 Å². The van der Waals surface area contributed by atoms with Gasteiger partial charge in [0.25, 0.3) is 0 Å². The van der Waals surface area contributed by atoms with Gasteiger partial charge in [0.2, 0.25) is 5.91 Å². The fourth-order valence-corrected chi connectivity index (χ4v) is 3.14. The highest BCUT2D eigenvalue weighted by molar-refractivity contribution is 5.81. The van der Waals surface area contributed by atoms with E-state index in [4.69, 9.17) is 9.47 Å². The number of carbonyl (C=O) groups is 1. The molecule has 0 radical (unpaired) electrons. The van der Waals surface area contributed by atoms with Crippen LogP contribution in [0.4, 0.5) is 0 Å². The Balaban J connectivity index is 1.53. The van der Waals surface area contributed by atoms with Crippen molar-refractivity contribution in [1.82, 2.24) is 10.2 Å². The average Bonchev–Trinajstić information content (AvgIpc) is 3.02. The molecular formula is C17H24N2O3.